The summed E-state index contributed by atoms with van der Waals surface area (Å²) in [6.45, 7) is 4.47. The Balaban J connectivity index is 1.38. The van der Waals surface area contributed by atoms with Crippen molar-refractivity contribution in [1.29, 1.82) is 0 Å². The molecule has 0 radical (unpaired) electrons. The van der Waals surface area contributed by atoms with Crippen LogP contribution in [0.15, 0.2) is 24.3 Å². The molecule has 0 atom stereocenters. The van der Waals surface area contributed by atoms with Gasteiger partial charge in [0.1, 0.15) is 11.5 Å². The Labute approximate surface area is 200 Å². The number of benzene rings is 1. The molecule has 0 aliphatic heterocycles. The second-order valence-corrected chi connectivity index (χ2v) is 10.4. The number of hydrogen-bond acceptors (Lipinski definition) is 4. The first-order chi connectivity index (χ1) is 16.1. The zero-order valence-electron chi connectivity index (χ0n) is 20.9. The van der Waals surface area contributed by atoms with E-state index < -0.39 is 0 Å². The van der Waals surface area contributed by atoms with Gasteiger partial charge in [-0.15, -0.1) is 0 Å². The Bertz CT molecular complexity index is 710. The normalized spacial score (nSPS) is 25.4. The van der Waals surface area contributed by atoms with Crippen LogP contribution in [0.25, 0.3) is 0 Å². The van der Waals surface area contributed by atoms with Gasteiger partial charge in [0.05, 0.1) is 11.8 Å². The van der Waals surface area contributed by atoms with E-state index in [9.17, 15) is 9.59 Å². The molecule has 1 aromatic carbocycles. The molecule has 0 amide bonds. The molecular formula is C29H44O4. The van der Waals surface area contributed by atoms with E-state index in [0.29, 0.717) is 11.5 Å². The first-order valence-corrected chi connectivity index (χ1v) is 13.6. The van der Waals surface area contributed by atoms with E-state index in [1.807, 2.05) is 0 Å². The molecule has 0 saturated heterocycles. The van der Waals surface area contributed by atoms with E-state index >= 15 is 0 Å². The minimum atomic E-state index is -0.121. The molecule has 0 unspecified atom stereocenters. The molecule has 0 N–H and O–H groups in total. The highest BCUT2D eigenvalue weighted by Crippen LogP contribution is 2.34. The Kier molecular flexibility index (Phi) is 10.8. The Morgan fingerprint density at radius 3 is 1.42 bits per heavy atom. The van der Waals surface area contributed by atoms with Crippen LogP contribution >= 0.6 is 0 Å². The molecule has 2 aliphatic rings. The fraction of sp³-hybridized carbons (Fsp3) is 0.724. The fourth-order valence-electron chi connectivity index (χ4n) is 5.52. The van der Waals surface area contributed by atoms with Gasteiger partial charge in [-0.25, -0.2) is 0 Å². The predicted octanol–water partition coefficient (Wildman–Crippen LogP) is 7.88. The average Bonchev–Trinajstić information content (AvgIpc) is 2.85. The molecule has 33 heavy (non-hydrogen) atoms. The van der Waals surface area contributed by atoms with Gasteiger partial charge in [-0.2, -0.15) is 0 Å². The van der Waals surface area contributed by atoms with Gasteiger partial charge >= 0.3 is 11.9 Å². The third-order valence-corrected chi connectivity index (χ3v) is 7.80. The first kappa shape index (κ1) is 25.8. The molecule has 4 heteroatoms. The summed E-state index contributed by atoms with van der Waals surface area (Å²) in [7, 11) is 0. The van der Waals surface area contributed by atoms with Crippen molar-refractivity contribution in [2.75, 3.05) is 0 Å². The van der Waals surface area contributed by atoms with Crippen molar-refractivity contribution < 1.29 is 19.1 Å². The maximum absolute atomic E-state index is 12.6. The summed E-state index contributed by atoms with van der Waals surface area (Å²) in [6.07, 6.45) is 17.3. The maximum atomic E-state index is 12.6. The first-order valence-electron chi connectivity index (χ1n) is 13.6. The van der Waals surface area contributed by atoms with E-state index in [0.717, 1.165) is 63.2 Å². The minimum Gasteiger partial charge on any atom is -0.426 e. The number of carbonyl (C=O) groups excluding carboxylic acids is 2. The van der Waals surface area contributed by atoms with Crippen LogP contribution in [0, 0.1) is 23.7 Å². The van der Waals surface area contributed by atoms with Crippen molar-refractivity contribution in [2.45, 2.75) is 110 Å². The van der Waals surface area contributed by atoms with Gasteiger partial charge in [-0.3, -0.25) is 9.59 Å². The Morgan fingerprint density at radius 2 is 1.03 bits per heavy atom. The summed E-state index contributed by atoms with van der Waals surface area (Å²) in [5.74, 6) is 2.40. The smallest absolute Gasteiger partial charge is 0.314 e. The number of unbranched alkanes of at least 4 members (excludes halogenated alkanes) is 3. The van der Waals surface area contributed by atoms with Crippen LogP contribution in [-0.4, -0.2) is 11.9 Å². The second kappa shape index (κ2) is 13.8. The SMILES string of the molecule is CCCCCC1CCC(C(=O)Oc2ccc(OC(=O)C3CCC(CCCC)CC3)cc2)CC1. The molecule has 2 saturated carbocycles. The zero-order chi connectivity index (χ0) is 23.5. The molecule has 0 bridgehead atoms. The number of hydrogen-bond donors (Lipinski definition) is 0. The molecular weight excluding hydrogens is 412 g/mol. The summed E-state index contributed by atoms with van der Waals surface area (Å²) >= 11 is 0. The average molecular weight is 457 g/mol. The molecule has 184 valence electrons. The van der Waals surface area contributed by atoms with Gasteiger partial charge in [0.25, 0.3) is 0 Å². The van der Waals surface area contributed by atoms with Gasteiger partial charge in [-0.05, 0) is 87.5 Å². The highest BCUT2D eigenvalue weighted by molar-refractivity contribution is 5.76. The third kappa shape index (κ3) is 8.46. The molecule has 2 fully saturated rings. The van der Waals surface area contributed by atoms with Gasteiger partial charge in [0.2, 0.25) is 0 Å². The lowest BCUT2D eigenvalue weighted by Gasteiger charge is -2.27. The molecule has 3 rings (SSSR count). The highest BCUT2D eigenvalue weighted by atomic mass is 16.5. The van der Waals surface area contributed by atoms with Crippen LogP contribution in [0.3, 0.4) is 0 Å². The van der Waals surface area contributed by atoms with Gasteiger partial charge in [-0.1, -0.05) is 58.8 Å². The lowest BCUT2D eigenvalue weighted by Crippen LogP contribution is -2.26. The monoisotopic (exact) mass is 456 g/mol. The lowest BCUT2D eigenvalue weighted by molar-refractivity contribution is -0.141. The predicted molar refractivity (Wildman–Crippen MR) is 132 cm³/mol. The van der Waals surface area contributed by atoms with Crippen molar-refractivity contribution in [3.05, 3.63) is 24.3 Å². The molecule has 0 aromatic heterocycles. The highest BCUT2D eigenvalue weighted by Gasteiger charge is 2.29. The summed E-state index contributed by atoms with van der Waals surface area (Å²) in [6, 6.07) is 6.94. The number of rotatable bonds is 11. The van der Waals surface area contributed by atoms with Gasteiger partial charge in [0.15, 0.2) is 0 Å². The number of ether oxygens (including phenoxy) is 2. The lowest BCUT2D eigenvalue weighted by atomic mass is 9.80. The van der Waals surface area contributed by atoms with Crippen LogP contribution in [0.5, 0.6) is 11.5 Å². The summed E-state index contributed by atoms with van der Waals surface area (Å²) < 4.78 is 11.2. The standard InChI is InChI=1S/C29H44O4/c1-3-5-7-9-23-12-16-25(17-13-23)29(31)33-27-20-18-26(19-21-27)32-28(30)24-14-10-22(11-15-24)8-6-4-2/h18-25H,3-17H2,1-2H3. The third-order valence-electron chi connectivity index (χ3n) is 7.80. The molecule has 4 nitrogen and oxygen atoms in total. The van der Waals surface area contributed by atoms with Crippen molar-refractivity contribution in [1.82, 2.24) is 0 Å². The van der Waals surface area contributed by atoms with Crippen LogP contribution in [0.2, 0.25) is 0 Å². The minimum absolute atomic E-state index is 0.0115. The van der Waals surface area contributed by atoms with Crippen LogP contribution < -0.4 is 9.47 Å². The topological polar surface area (TPSA) is 52.6 Å². The summed E-state index contributed by atoms with van der Waals surface area (Å²) in [5.41, 5.74) is 0. The van der Waals surface area contributed by atoms with Crippen LogP contribution in [-0.2, 0) is 9.59 Å². The summed E-state index contributed by atoms with van der Waals surface area (Å²) in [4.78, 5) is 25.1. The number of esters is 2. The molecule has 1 aromatic rings. The molecule has 0 heterocycles. The fourth-order valence-corrected chi connectivity index (χ4v) is 5.52. The molecule has 2 aliphatic carbocycles. The van der Waals surface area contributed by atoms with Gasteiger partial charge in [0, 0.05) is 0 Å². The molecule has 0 spiro atoms. The van der Waals surface area contributed by atoms with Crippen molar-refractivity contribution in [3.8, 4) is 11.5 Å². The van der Waals surface area contributed by atoms with Crippen molar-refractivity contribution in [2.24, 2.45) is 23.7 Å². The Hall–Kier alpha value is -1.84. The zero-order valence-corrected chi connectivity index (χ0v) is 20.9. The van der Waals surface area contributed by atoms with Crippen molar-refractivity contribution >= 4 is 11.9 Å². The largest absolute Gasteiger partial charge is 0.426 e. The summed E-state index contributed by atoms with van der Waals surface area (Å²) in [5, 5.41) is 0. The number of carbonyl (C=O) groups is 2. The Morgan fingerprint density at radius 1 is 0.636 bits per heavy atom. The quantitative estimate of drug-likeness (QED) is 0.193. The van der Waals surface area contributed by atoms with E-state index in [1.54, 1.807) is 24.3 Å². The van der Waals surface area contributed by atoms with Crippen LogP contribution in [0.4, 0.5) is 0 Å². The van der Waals surface area contributed by atoms with Crippen molar-refractivity contribution in [3.63, 3.8) is 0 Å². The second-order valence-electron chi connectivity index (χ2n) is 10.4. The van der Waals surface area contributed by atoms with E-state index in [-0.39, 0.29) is 23.8 Å². The van der Waals surface area contributed by atoms with Gasteiger partial charge < -0.3 is 9.47 Å². The van der Waals surface area contributed by atoms with E-state index in [2.05, 4.69) is 13.8 Å². The van der Waals surface area contributed by atoms with Crippen LogP contribution in [0.1, 0.15) is 110 Å². The van der Waals surface area contributed by atoms with E-state index in [4.69, 9.17) is 9.47 Å². The van der Waals surface area contributed by atoms with E-state index in [1.165, 1.54) is 44.9 Å². The maximum Gasteiger partial charge on any atom is 0.314 e.